The SMILES string of the molecule is C=CCn1c(CC)nc2ccc(C(=O)O)cc21. The molecule has 4 heteroatoms. The number of allylic oxidation sites excluding steroid dienone is 1. The zero-order valence-electron chi connectivity index (χ0n) is 9.68. The van der Waals surface area contributed by atoms with Crippen molar-refractivity contribution in [3.8, 4) is 0 Å². The van der Waals surface area contributed by atoms with E-state index >= 15 is 0 Å². The number of aryl methyl sites for hydroxylation is 1. The van der Waals surface area contributed by atoms with E-state index < -0.39 is 5.97 Å². The van der Waals surface area contributed by atoms with Crippen LogP contribution in [0.2, 0.25) is 0 Å². The van der Waals surface area contributed by atoms with E-state index in [0.29, 0.717) is 6.54 Å². The van der Waals surface area contributed by atoms with Crippen LogP contribution in [-0.2, 0) is 13.0 Å². The Morgan fingerprint density at radius 1 is 1.59 bits per heavy atom. The van der Waals surface area contributed by atoms with Gasteiger partial charge in [0.15, 0.2) is 0 Å². The Bertz CT molecular complexity index is 584. The number of benzene rings is 1. The third kappa shape index (κ3) is 1.93. The Morgan fingerprint density at radius 3 is 2.94 bits per heavy atom. The first-order valence-corrected chi connectivity index (χ1v) is 5.50. The monoisotopic (exact) mass is 230 g/mol. The molecule has 0 saturated carbocycles. The van der Waals surface area contributed by atoms with Crippen LogP contribution < -0.4 is 0 Å². The maximum Gasteiger partial charge on any atom is 0.335 e. The molecule has 0 aliphatic carbocycles. The van der Waals surface area contributed by atoms with Gasteiger partial charge in [0.2, 0.25) is 0 Å². The number of aromatic carboxylic acids is 1. The summed E-state index contributed by atoms with van der Waals surface area (Å²) in [6.45, 7) is 6.38. The fourth-order valence-corrected chi connectivity index (χ4v) is 1.91. The molecule has 0 fully saturated rings. The molecule has 1 aromatic heterocycles. The number of hydrogen-bond donors (Lipinski definition) is 1. The number of carboxylic acid groups (broad SMARTS) is 1. The summed E-state index contributed by atoms with van der Waals surface area (Å²) in [6, 6.07) is 4.99. The molecule has 0 bridgehead atoms. The van der Waals surface area contributed by atoms with Crippen LogP contribution in [0.4, 0.5) is 0 Å². The van der Waals surface area contributed by atoms with Crippen LogP contribution in [0.25, 0.3) is 11.0 Å². The summed E-state index contributed by atoms with van der Waals surface area (Å²) in [5, 5.41) is 8.98. The van der Waals surface area contributed by atoms with Crippen LogP contribution in [0.15, 0.2) is 30.9 Å². The average Bonchev–Trinajstić information content (AvgIpc) is 2.67. The molecule has 0 saturated heterocycles. The van der Waals surface area contributed by atoms with Gasteiger partial charge in [-0.1, -0.05) is 13.0 Å². The second-order valence-corrected chi connectivity index (χ2v) is 3.79. The van der Waals surface area contributed by atoms with Gasteiger partial charge < -0.3 is 9.67 Å². The van der Waals surface area contributed by atoms with E-state index in [4.69, 9.17) is 5.11 Å². The molecule has 1 heterocycles. The largest absolute Gasteiger partial charge is 0.478 e. The molecule has 0 aliphatic heterocycles. The van der Waals surface area contributed by atoms with Gasteiger partial charge in [-0.15, -0.1) is 6.58 Å². The molecular formula is C13H14N2O2. The van der Waals surface area contributed by atoms with E-state index in [9.17, 15) is 4.79 Å². The number of rotatable bonds is 4. The number of hydrogen-bond acceptors (Lipinski definition) is 2. The number of carboxylic acids is 1. The molecule has 0 aliphatic rings. The van der Waals surface area contributed by atoms with E-state index in [1.165, 1.54) is 0 Å². The lowest BCUT2D eigenvalue weighted by Crippen LogP contribution is -2.02. The number of nitrogens with zero attached hydrogens (tertiary/aromatic N) is 2. The smallest absolute Gasteiger partial charge is 0.335 e. The number of aromatic nitrogens is 2. The molecule has 0 unspecified atom stereocenters. The van der Waals surface area contributed by atoms with Crippen LogP contribution in [0.1, 0.15) is 23.1 Å². The molecule has 1 aromatic carbocycles. The van der Waals surface area contributed by atoms with Crippen LogP contribution in [0.3, 0.4) is 0 Å². The van der Waals surface area contributed by atoms with Gasteiger partial charge in [0.1, 0.15) is 5.82 Å². The van der Waals surface area contributed by atoms with Crippen molar-refractivity contribution in [3.05, 3.63) is 42.2 Å². The van der Waals surface area contributed by atoms with E-state index in [1.54, 1.807) is 24.3 Å². The first-order valence-electron chi connectivity index (χ1n) is 5.50. The highest BCUT2D eigenvalue weighted by molar-refractivity contribution is 5.92. The summed E-state index contributed by atoms with van der Waals surface area (Å²) >= 11 is 0. The van der Waals surface area contributed by atoms with Crippen molar-refractivity contribution in [2.24, 2.45) is 0 Å². The summed E-state index contributed by atoms with van der Waals surface area (Å²) < 4.78 is 1.99. The molecular weight excluding hydrogens is 216 g/mol. The molecule has 4 nitrogen and oxygen atoms in total. The summed E-state index contributed by atoms with van der Waals surface area (Å²) in [7, 11) is 0. The molecule has 17 heavy (non-hydrogen) atoms. The molecule has 0 atom stereocenters. The summed E-state index contributed by atoms with van der Waals surface area (Å²) in [5.74, 6) is 0.0266. The van der Waals surface area contributed by atoms with Crippen LogP contribution in [-0.4, -0.2) is 20.6 Å². The Labute approximate surface area is 99.2 Å². The average molecular weight is 230 g/mol. The van der Waals surface area contributed by atoms with Gasteiger partial charge >= 0.3 is 5.97 Å². The lowest BCUT2D eigenvalue weighted by Gasteiger charge is -2.04. The van der Waals surface area contributed by atoms with E-state index in [0.717, 1.165) is 23.3 Å². The number of carbonyl (C=O) groups is 1. The lowest BCUT2D eigenvalue weighted by molar-refractivity contribution is 0.0697. The predicted octanol–water partition coefficient (Wildman–Crippen LogP) is 2.48. The minimum absolute atomic E-state index is 0.283. The third-order valence-electron chi connectivity index (χ3n) is 2.70. The predicted molar refractivity (Wildman–Crippen MR) is 66.3 cm³/mol. The van der Waals surface area contributed by atoms with Gasteiger partial charge in [0, 0.05) is 13.0 Å². The Hall–Kier alpha value is -2.10. The van der Waals surface area contributed by atoms with Crippen LogP contribution >= 0.6 is 0 Å². The number of imidazole rings is 1. The quantitative estimate of drug-likeness (QED) is 0.821. The van der Waals surface area contributed by atoms with Crippen molar-refractivity contribution in [2.75, 3.05) is 0 Å². The van der Waals surface area contributed by atoms with Crippen molar-refractivity contribution in [3.63, 3.8) is 0 Å². The van der Waals surface area contributed by atoms with E-state index in [2.05, 4.69) is 11.6 Å². The van der Waals surface area contributed by atoms with E-state index in [-0.39, 0.29) is 5.56 Å². The first-order chi connectivity index (χ1) is 8.17. The highest BCUT2D eigenvalue weighted by atomic mass is 16.4. The van der Waals surface area contributed by atoms with Gasteiger partial charge in [0.25, 0.3) is 0 Å². The molecule has 0 amide bonds. The molecule has 0 radical (unpaired) electrons. The minimum atomic E-state index is -0.920. The normalized spacial score (nSPS) is 10.6. The lowest BCUT2D eigenvalue weighted by atomic mass is 10.2. The standard InChI is InChI=1S/C13H14N2O2/c1-3-7-15-11-8-9(13(16)17)5-6-10(11)14-12(15)4-2/h3,5-6,8H,1,4,7H2,2H3,(H,16,17). The highest BCUT2D eigenvalue weighted by Gasteiger charge is 2.11. The fraction of sp³-hybridized carbons (Fsp3) is 0.231. The summed E-state index contributed by atoms with van der Waals surface area (Å²) in [4.78, 5) is 15.4. The second-order valence-electron chi connectivity index (χ2n) is 3.79. The van der Waals surface area contributed by atoms with Gasteiger partial charge in [-0.05, 0) is 18.2 Å². The van der Waals surface area contributed by atoms with Gasteiger partial charge in [-0.2, -0.15) is 0 Å². The molecule has 2 rings (SSSR count). The van der Waals surface area contributed by atoms with Crippen molar-refractivity contribution in [1.82, 2.24) is 9.55 Å². The maximum absolute atomic E-state index is 10.9. The third-order valence-corrected chi connectivity index (χ3v) is 2.70. The second kappa shape index (κ2) is 4.41. The Morgan fingerprint density at radius 2 is 2.35 bits per heavy atom. The van der Waals surface area contributed by atoms with Crippen molar-refractivity contribution in [2.45, 2.75) is 19.9 Å². The Balaban J connectivity index is 2.68. The van der Waals surface area contributed by atoms with Gasteiger partial charge in [0.05, 0.1) is 16.6 Å². The minimum Gasteiger partial charge on any atom is -0.478 e. The van der Waals surface area contributed by atoms with Gasteiger partial charge in [-0.25, -0.2) is 9.78 Å². The maximum atomic E-state index is 10.9. The first kappa shape index (κ1) is 11.4. The molecule has 88 valence electrons. The zero-order chi connectivity index (χ0) is 12.4. The van der Waals surface area contributed by atoms with Crippen LogP contribution in [0, 0.1) is 0 Å². The van der Waals surface area contributed by atoms with Crippen molar-refractivity contribution >= 4 is 17.0 Å². The number of fused-ring (bicyclic) bond motifs is 1. The van der Waals surface area contributed by atoms with Crippen LogP contribution in [0.5, 0.6) is 0 Å². The summed E-state index contributed by atoms with van der Waals surface area (Å²) in [5.41, 5.74) is 1.96. The van der Waals surface area contributed by atoms with Gasteiger partial charge in [-0.3, -0.25) is 0 Å². The Kier molecular flexibility index (Phi) is 2.95. The van der Waals surface area contributed by atoms with Crippen molar-refractivity contribution in [1.29, 1.82) is 0 Å². The van der Waals surface area contributed by atoms with E-state index in [1.807, 2.05) is 11.5 Å². The topological polar surface area (TPSA) is 55.1 Å². The fourth-order valence-electron chi connectivity index (χ4n) is 1.91. The summed E-state index contributed by atoms with van der Waals surface area (Å²) in [6.07, 6.45) is 2.60. The highest BCUT2D eigenvalue weighted by Crippen LogP contribution is 2.18. The zero-order valence-corrected chi connectivity index (χ0v) is 9.68. The molecule has 0 spiro atoms. The molecule has 2 aromatic rings. The molecule has 1 N–H and O–H groups in total. The van der Waals surface area contributed by atoms with Crippen molar-refractivity contribution < 1.29 is 9.90 Å².